The number of hydrogen-bond donors (Lipinski definition) is 1. The van der Waals surface area contributed by atoms with Crippen LogP contribution in [0.4, 0.5) is 0 Å². The van der Waals surface area contributed by atoms with Gasteiger partial charge in [-0.1, -0.05) is 30.0 Å². The molecule has 1 aromatic carbocycles. The number of ketones is 1. The lowest BCUT2D eigenvalue weighted by molar-refractivity contribution is 0.0995. The Hall–Kier alpha value is -2.16. The van der Waals surface area contributed by atoms with Crippen molar-refractivity contribution in [3.05, 3.63) is 54.4 Å². The van der Waals surface area contributed by atoms with Crippen molar-refractivity contribution in [2.75, 3.05) is 13.1 Å². The second kappa shape index (κ2) is 7.69. The maximum absolute atomic E-state index is 12.9. The van der Waals surface area contributed by atoms with Gasteiger partial charge < -0.3 is 4.98 Å². The molecule has 1 aliphatic heterocycles. The van der Waals surface area contributed by atoms with E-state index in [2.05, 4.69) is 9.97 Å². The first-order valence-corrected chi connectivity index (χ1v) is 11.5. The fourth-order valence-corrected chi connectivity index (χ4v) is 5.71. The summed E-state index contributed by atoms with van der Waals surface area (Å²) in [6, 6.07) is 10.9. The monoisotopic (exact) mass is 415 g/mol. The molecule has 3 heterocycles. The molecule has 0 unspecified atom stereocenters. The Labute approximate surface area is 168 Å². The normalized spacial score (nSPS) is 16.5. The maximum Gasteiger partial charge on any atom is 0.244 e. The number of rotatable bonds is 6. The Bertz CT molecular complexity index is 1100. The van der Waals surface area contributed by atoms with E-state index in [4.69, 9.17) is 0 Å². The summed E-state index contributed by atoms with van der Waals surface area (Å²) in [6.45, 7) is 2.97. The third-order valence-corrected chi connectivity index (χ3v) is 7.87. The zero-order chi connectivity index (χ0) is 19.7. The number of sulfonamides is 1. The molecular weight excluding hydrogens is 394 g/mol. The van der Waals surface area contributed by atoms with Crippen molar-refractivity contribution >= 4 is 38.5 Å². The van der Waals surface area contributed by atoms with Crippen molar-refractivity contribution in [1.29, 1.82) is 0 Å². The topological polar surface area (TPSA) is 83.1 Å². The number of aromatic nitrogens is 2. The standard InChI is InChI=1S/C20H21N3O3S2/c1-14(20(24)17-13-21-18-7-3-2-6-16(17)18)27-19-9-8-15(12-22-19)28(25,26)23-10-4-5-11-23/h2-3,6-9,12-14,21H,4-5,10-11H2,1H3/t14-/m0/s1. The maximum atomic E-state index is 12.9. The highest BCUT2D eigenvalue weighted by atomic mass is 32.2. The molecule has 146 valence electrons. The van der Waals surface area contributed by atoms with Gasteiger partial charge in [-0.2, -0.15) is 4.31 Å². The van der Waals surface area contributed by atoms with Crippen LogP contribution in [0.1, 0.15) is 30.1 Å². The van der Waals surface area contributed by atoms with E-state index in [1.807, 2.05) is 31.2 Å². The molecule has 0 bridgehead atoms. The van der Waals surface area contributed by atoms with Crippen molar-refractivity contribution < 1.29 is 13.2 Å². The van der Waals surface area contributed by atoms with Gasteiger partial charge >= 0.3 is 0 Å². The third-order valence-electron chi connectivity index (χ3n) is 4.93. The second-order valence-corrected chi connectivity index (χ2v) is 10.1. The lowest BCUT2D eigenvalue weighted by Gasteiger charge is -2.15. The van der Waals surface area contributed by atoms with E-state index >= 15 is 0 Å². The van der Waals surface area contributed by atoms with Gasteiger partial charge in [0.2, 0.25) is 10.0 Å². The minimum atomic E-state index is -3.47. The molecule has 1 saturated heterocycles. The lowest BCUT2D eigenvalue weighted by Crippen LogP contribution is -2.27. The number of nitrogens with one attached hydrogen (secondary N) is 1. The number of Topliss-reactive ketones (excluding diaryl/α,β-unsaturated/α-hetero) is 1. The van der Waals surface area contributed by atoms with E-state index in [1.165, 1.54) is 22.3 Å². The number of fused-ring (bicyclic) bond motifs is 1. The molecule has 0 spiro atoms. The van der Waals surface area contributed by atoms with E-state index in [0.29, 0.717) is 23.7 Å². The van der Waals surface area contributed by atoms with Gasteiger partial charge in [-0.3, -0.25) is 4.79 Å². The molecule has 8 heteroatoms. The fourth-order valence-electron chi connectivity index (χ4n) is 3.40. The summed E-state index contributed by atoms with van der Waals surface area (Å²) in [4.78, 5) is 20.5. The number of hydrogen-bond acceptors (Lipinski definition) is 5. The average molecular weight is 416 g/mol. The fraction of sp³-hybridized carbons (Fsp3) is 0.300. The molecule has 0 amide bonds. The van der Waals surface area contributed by atoms with Crippen molar-refractivity contribution in [2.24, 2.45) is 0 Å². The van der Waals surface area contributed by atoms with Gasteiger partial charge in [-0.05, 0) is 38.0 Å². The number of pyridine rings is 1. The predicted molar refractivity (Wildman–Crippen MR) is 110 cm³/mol. The van der Waals surface area contributed by atoms with Gasteiger partial charge in [-0.15, -0.1) is 0 Å². The van der Waals surface area contributed by atoms with Gasteiger partial charge in [-0.25, -0.2) is 13.4 Å². The first-order chi connectivity index (χ1) is 13.5. The van der Waals surface area contributed by atoms with Gasteiger partial charge in [0.1, 0.15) is 4.90 Å². The van der Waals surface area contributed by atoms with Crippen molar-refractivity contribution in [3.8, 4) is 0 Å². The summed E-state index contributed by atoms with van der Waals surface area (Å²) in [7, 11) is -3.47. The quantitative estimate of drug-likeness (QED) is 0.490. The summed E-state index contributed by atoms with van der Waals surface area (Å²) in [5.74, 6) is 0.0121. The molecule has 1 aliphatic rings. The highest BCUT2D eigenvalue weighted by molar-refractivity contribution is 8.00. The molecule has 1 N–H and O–H groups in total. The molecule has 6 nitrogen and oxygen atoms in total. The van der Waals surface area contributed by atoms with E-state index < -0.39 is 10.0 Å². The van der Waals surface area contributed by atoms with Crippen molar-refractivity contribution in [2.45, 2.75) is 34.9 Å². The molecule has 28 heavy (non-hydrogen) atoms. The van der Waals surface area contributed by atoms with Crippen LogP contribution in [0, 0.1) is 0 Å². The Morgan fingerprint density at radius 2 is 1.93 bits per heavy atom. The molecule has 2 aromatic heterocycles. The smallest absolute Gasteiger partial charge is 0.244 e. The van der Waals surface area contributed by atoms with Crippen LogP contribution < -0.4 is 0 Å². The van der Waals surface area contributed by atoms with Gasteiger partial charge in [0.25, 0.3) is 0 Å². The van der Waals surface area contributed by atoms with Crippen molar-refractivity contribution in [3.63, 3.8) is 0 Å². The van der Waals surface area contributed by atoms with Crippen LogP contribution in [0.15, 0.2) is 58.7 Å². The third kappa shape index (κ3) is 3.59. The first kappa shape index (κ1) is 19.2. The molecule has 1 fully saturated rings. The van der Waals surface area contributed by atoms with Gasteiger partial charge in [0, 0.05) is 41.9 Å². The number of aromatic amines is 1. The van der Waals surface area contributed by atoms with Crippen LogP contribution >= 0.6 is 11.8 Å². The molecule has 0 saturated carbocycles. The second-order valence-electron chi connectivity index (χ2n) is 6.82. The number of carbonyl (C=O) groups excluding carboxylic acids is 1. The van der Waals surface area contributed by atoms with Crippen LogP contribution in [0.2, 0.25) is 0 Å². The zero-order valence-electron chi connectivity index (χ0n) is 15.5. The number of H-pyrrole nitrogens is 1. The molecule has 3 aromatic rings. The van der Waals surface area contributed by atoms with E-state index in [9.17, 15) is 13.2 Å². The Kier molecular flexibility index (Phi) is 5.27. The lowest BCUT2D eigenvalue weighted by atomic mass is 10.1. The summed E-state index contributed by atoms with van der Waals surface area (Å²) < 4.78 is 26.7. The Morgan fingerprint density at radius 3 is 2.64 bits per heavy atom. The Morgan fingerprint density at radius 1 is 1.18 bits per heavy atom. The van der Waals surface area contributed by atoms with E-state index in [0.717, 1.165) is 23.7 Å². The van der Waals surface area contributed by atoms with Crippen LogP contribution in [0.5, 0.6) is 0 Å². The summed E-state index contributed by atoms with van der Waals surface area (Å²) in [6.07, 6.45) is 4.92. The van der Waals surface area contributed by atoms with Gasteiger partial charge in [0.05, 0.1) is 10.3 Å². The number of thioether (sulfide) groups is 1. The minimum Gasteiger partial charge on any atom is -0.360 e. The minimum absolute atomic E-state index is 0.0121. The molecule has 4 rings (SSSR count). The SMILES string of the molecule is C[C@H](Sc1ccc(S(=O)(=O)N2CCCC2)cn1)C(=O)c1c[nH]c2ccccc12. The van der Waals surface area contributed by atoms with Crippen LogP contribution in [0.25, 0.3) is 10.9 Å². The molecule has 0 aliphatic carbocycles. The van der Waals surface area contributed by atoms with Crippen molar-refractivity contribution in [1.82, 2.24) is 14.3 Å². The van der Waals surface area contributed by atoms with E-state index in [1.54, 1.807) is 18.3 Å². The van der Waals surface area contributed by atoms with Gasteiger partial charge in [0.15, 0.2) is 5.78 Å². The number of carbonyl (C=O) groups is 1. The predicted octanol–water partition coefficient (Wildman–Crippen LogP) is 3.71. The average Bonchev–Trinajstić information content (AvgIpc) is 3.38. The van der Waals surface area contributed by atoms with Crippen LogP contribution in [-0.4, -0.2) is 46.8 Å². The molecule has 1 atom stereocenters. The number of para-hydroxylation sites is 1. The summed E-state index contributed by atoms with van der Waals surface area (Å²) in [5, 5.41) is 1.19. The highest BCUT2D eigenvalue weighted by Gasteiger charge is 2.27. The van der Waals surface area contributed by atoms with Crippen LogP contribution in [0.3, 0.4) is 0 Å². The largest absolute Gasteiger partial charge is 0.360 e. The number of nitrogens with zero attached hydrogens (tertiary/aromatic N) is 2. The molecule has 0 radical (unpaired) electrons. The van der Waals surface area contributed by atoms with E-state index in [-0.39, 0.29) is 15.9 Å². The molecular formula is C20H21N3O3S2. The zero-order valence-corrected chi connectivity index (χ0v) is 17.1. The Balaban J connectivity index is 1.49. The van der Waals surface area contributed by atoms with Crippen LogP contribution in [-0.2, 0) is 10.0 Å². The number of benzene rings is 1. The first-order valence-electron chi connectivity index (χ1n) is 9.20. The highest BCUT2D eigenvalue weighted by Crippen LogP contribution is 2.28. The summed E-state index contributed by atoms with van der Waals surface area (Å²) >= 11 is 1.33. The summed E-state index contributed by atoms with van der Waals surface area (Å²) in [5.41, 5.74) is 1.58.